The first-order valence-electron chi connectivity index (χ1n) is 4.45. The molecule has 0 bridgehead atoms. The number of halogens is 2. The first kappa shape index (κ1) is 11.2. The first-order chi connectivity index (χ1) is 7.06. The van der Waals surface area contributed by atoms with E-state index in [1.54, 1.807) is 0 Å². The number of hydrogen-bond donors (Lipinski definition) is 1. The number of carboxylic acid groups (broad SMARTS) is 1. The molecule has 0 amide bonds. The van der Waals surface area contributed by atoms with Gasteiger partial charge in [-0.2, -0.15) is 0 Å². The first-order valence-corrected chi connectivity index (χ1v) is 6.03. The van der Waals surface area contributed by atoms with Gasteiger partial charge in [0.1, 0.15) is 5.76 Å². The summed E-state index contributed by atoms with van der Waals surface area (Å²) in [5, 5.41) is 8.70. The van der Waals surface area contributed by atoms with Crippen molar-refractivity contribution in [1.82, 2.24) is 4.90 Å². The second-order valence-corrected chi connectivity index (χ2v) is 5.14. The number of nitrogens with zero attached hydrogens (tertiary/aromatic N) is 1. The van der Waals surface area contributed by atoms with Gasteiger partial charge in [-0.15, -0.1) is 0 Å². The maximum atomic E-state index is 10.6. The van der Waals surface area contributed by atoms with Crippen molar-refractivity contribution < 1.29 is 14.3 Å². The Balaban J connectivity index is 1.87. The molecular weight excluding hydrogens is 330 g/mol. The molecule has 1 N–H and O–H groups in total. The lowest BCUT2D eigenvalue weighted by molar-refractivity contribution is -0.147. The standard InChI is InChI=1S/C9H9Br2NO3/c10-7-1-6(15-8(7)11)4-12-2-5(3-12)9(13)14/h1,5H,2-4H2,(H,13,14). The van der Waals surface area contributed by atoms with Gasteiger partial charge in [0, 0.05) is 13.1 Å². The van der Waals surface area contributed by atoms with Crippen LogP contribution in [0, 0.1) is 5.92 Å². The van der Waals surface area contributed by atoms with Gasteiger partial charge < -0.3 is 9.52 Å². The molecule has 1 aromatic heterocycles. The number of aliphatic carboxylic acids is 1. The lowest BCUT2D eigenvalue weighted by Crippen LogP contribution is -2.49. The monoisotopic (exact) mass is 337 g/mol. The highest BCUT2D eigenvalue weighted by molar-refractivity contribution is 9.13. The van der Waals surface area contributed by atoms with Gasteiger partial charge in [0.2, 0.25) is 0 Å². The van der Waals surface area contributed by atoms with Crippen LogP contribution in [0.5, 0.6) is 0 Å². The van der Waals surface area contributed by atoms with Crippen LogP contribution >= 0.6 is 31.9 Å². The molecule has 4 nitrogen and oxygen atoms in total. The Morgan fingerprint density at radius 3 is 2.73 bits per heavy atom. The zero-order chi connectivity index (χ0) is 11.0. The van der Waals surface area contributed by atoms with E-state index < -0.39 is 5.97 Å². The van der Waals surface area contributed by atoms with Gasteiger partial charge in [-0.05, 0) is 37.9 Å². The number of likely N-dealkylation sites (tertiary alicyclic amines) is 1. The summed E-state index contributed by atoms with van der Waals surface area (Å²) in [7, 11) is 0. The molecule has 0 radical (unpaired) electrons. The SMILES string of the molecule is O=C(O)C1CN(Cc2cc(Br)c(Br)o2)C1. The third-order valence-electron chi connectivity index (χ3n) is 2.38. The Labute approximate surface area is 103 Å². The van der Waals surface area contributed by atoms with E-state index in [-0.39, 0.29) is 5.92 Å². The smallest absolute Gasteiger partial charge is 0.309 e. The van der Waals surface area contributed by atoms with Crippen LogP contribution in [0.15, 0.2) is 19.6 Å². The van der Waals surface area contributed by atoms with Crippen molar-refractivity contribution in [3.8, 4) is 0 Å². The van der Waals surface area contributed by atoms with E-state index in [1.165, 1.54) is 0 Å². The Hall–Kier alpha value is -0.330. The summed E-state index contributed by atoms with van der Waals surface area (Å²) in [6.45, 7) is 1.87. The molecular formula is C9H9Br2NO3. The van der Waals surface area contributed by atoms with E-state index in [4.69, 9.17) is 9.52 Å². The lowest BCUT2D eigenvalue weighted by Gasteiger charge is -2.35. The van der Waals surface area contributed by atoms with Crippen molar-refractivity contribution in [2.24, 2.45) is 5.92 Å². The van der Waals surface area contributed by atoms with Gasteiger partial charge in [0.15, 0.2) is 4.67 Å². The third kappa shape index (κ3) is 2.43. The van der Waals surface area contributed by atoms with Crippen molar-refractivity contribution in [3.05, 3.63) is 21.0 Å². The largest absolute Gasteiger partial charge is 0.481 e. The van der Waals surface area contributed by atoms with Gasteiger partial charge in [-0.3, -0.25) is 9.69 Å². The maximum absolute atomic E-state index is 10.6. The fraction of sp³-hybridized carbons (Fsp3) is 0.444. The average molecular weight is 339 g/mol. The second-order valence-electron chi connectivity index (χ2n) is 3.56. The predicted octanol–water partition coefficient (Wildman–Crippen LogP) is 2.32. The van der Waals surface area contributed by atoms with Gasteiger partial charge in [0.25, 0.3) is 0 Å². The van der Waals surface area contributed by atoms with Crippen LogP contribution in [0.1, 0.15) is 5.76 Å². The molecule has 2 heterocycles. The molecule has 2 rings (SSSR count). The molecule has 15 heavy (non-hydrogen) atoms. The van der Waals surface area contributed by atoms with Crippen molar-refractivity contribution in [2.75, 3.05) is 13.1 Å². The number of hydrogen-bond acceptors (Lipinski definition) is 3. The molecule has 1 saturated heterocycles. The van der Waals surface area contributed by atoms with E-state index in [0.29, 0.717) is 24.3 Å². The molecule has 0 spiro atoms. The van der Waals surface area contributed by atoms with Crippen LogP contribution in [-0.2, 0) is 11.3 Å². The summed E-state index contributed by atoms with van der Waals surface area (Å²) in [4.78, 5) is 12.6. The maximum Gasteiger partial charge on any atom is 0.309 e. The lowest BCUT2D eigenvalue weighted by atomic mass is 10.0. The van der Waals surface area contributed by atoms with Crippen molar-refractivity contribution in [1.29, 1.82) is 0 Å². The van der Waals surface area contributed by atoms with E-state index in [2.05, 4.69) is 31.9 Å². The fourth-order valence-electron chi connectivity index (χ4n) is 1.54. The van der Waals surface area contributed by atoms with Gasteiger partial charge in [0.05, 0.1) is 16.9 Å². The van der Waals surface area contributed by atoms with Crippen LogP contribution in [0.4, 0.5) is 0 Å². The molecule has 82 valence electrons. The van der Waals surface area contributed by atoms with Gasteiger partial charge in [-0.25, -0.2) is 0 Å². The summed E-state index contributed by atoms with van der Waals surface area (Å²) < 4.78 is 6.95. The minimum atomic E-state index is -0.715. The fourth-order valence-corrected chi connectivity index (χ4v) is 2.20. The summed E-state index contributed by atoms with van der Waals surface area (Å²) >= 11 is 6.58. The minimum Gasteiger partial charge on any atom is -0.481 e. The van der Waals surface area contributed by atoms with Crippen molar-refractivity contribution in [3.63, 3.8) is 0 Å². The van der Waals surface area contributed by atoms with Crippen LogP contribution < -0.4 is 0 Å². The quantitative estimate of drug-likeness (QED) is 0.919. The Bertz CT molecular complexity index is 365. The molecule has 0 unspecified atom stereocenters. The predicted molar refractivity (Wildman–Crippen MR) is 60.5 cm³/mol. The highest BCUT2D eigenvalue weighted by Crippen LogP contribution is 2.28. The van der Waals surface area contributed by atoms with Gasteiger partial charge in [-0.1, -0.05) is 0 Å². The molecule has 1 fully saturated rings. The highest BCUT2D eigenvalue weighted by atomic mass is 79.9. The van der Waals surface area contributed by atoms with E-state index in [1.807, 2.05) is 11.0 Å². The molecule has 6 heteroatoms. The summed E-state index contributed by atoms with van der Waals surface area (Å²) in [5.41, 5.74) is 0. The van der Waals surface area contributed by atoms with Crippen LogP contribution in [0.3, 0.4) is 0 Å². The topological polar surface area (TPSA) is 53.7 Å². The summed E-state index contributed by atoms with van der Waals surface area (Å²) in [6.07, 6.45) is 0. The van der Waals surface area contributed by atoms with E-state index >= 15 is 0 Å². The number of carboxylic acids is 1. The third-order valence-corrected chi connectivity index (χ3v) is 4.09. The number of rotatable bonds is 3. The molecule has 1 aliphatic rings. The van der Waals surface area contributed by atoms with Crippen LogP contribution in [-0.4, -0.2) is 29.1 Å². The molecule has 1 aromatic rings. The highest BCUT2D eigenvalue weighted by Gasteiger charge is 2.32. The Kier molecular flexibility index (Phi) is 3.18. The minimum absolute atomic E-state index is 0.216. The van der Waals surface area contributed by atoms with Gasteiger partial charge >= 0.3 is 5.97 Å². The van der Waals surface area contributed by atoms with E-state index in [9.17, 15) is 4.79 Å². The molecule has 0 aliphatic carbocycles. The van der Waals surface area contributed by atoms with Crippen molar-refractivity contribution >= 4 is 37.8 Å². The number of carbonyl (C=O) groups is 1. The Morgan fingerprint density at radius 1 is 1.60 bits per heavy atom. The zero-order valence-electron chi connectivity index (χ0n) is 7.74. The molecule has 0 atom stereocenters. The summed E-state index contributed by atoms with van der Waals surface area (Å²) in [6, 6.07) is 1.89. The normalized spacial score (nSPS) is 17.7. The van der Waals surface area contributed by atoms with Crippen LogP contribution in [0.25, 0.3) is 0 Å². The molecule has 0 aromatic carbocycles. The van der Waals surface area contributed by atoms with E-state index in [0.717, 1.165) is 10.2 Å². The Morgan fingerprint density at radius 2 is 2.27 bits per heavy atom. The summed E-state index contributed by atoms with van der Waals surface area (Å²) in [5.74, 6) is -0.0995. The molecule has 1 aliphatic heterocycles. The second kappa shape index (κ2) is 4.27. The van der Waals surface area contributed by atoms with Crippen molar-refractivity contribution in [2.45, 2.75) is 6.54 Å². The number of furan rings is 1. The molecule has 0 saturated carbocycles. The average Bonchev–Trinajstić information content (AvgIpc) is 2.37. The zero-order valence-corrected chi connectivity index (χ0v) is 10.9. The van der Waals surface area contributed by atoms with Crippen LogP contribution in [0.2, 0.25) is 0 Å².